The van der Waals surface area contributed by atoms with E-state index in [0.29, 0.717) is 16.3 Å². The Balaban J connectivity index is 2.19. The lowest BCUT2D eigenvalue weighted by molar-refractivity contribution is 0.0917. The van der Waals surface area contributed by atoms with E-state index < -0.39 is 5.54 Å². The molecule has 21 heavy (non-hydrogen) atoms. The fourth-order valence-electron chi connectivity index (χ4n) is 2.82. The summed E-state index contributed by atoms with van der Waals surface area (Å²) in [5.41, 5.74) is 5.96. The molecule has 114 valence electrons. The summed E-state index contributed by atoms with van der Waals surface area (Å²) in [4.78, 5) is 12.9. The summed E-state index contributed by atoms with van der Waals surface area (Å²) in [6.45, 7) is 0. The quantitative estimate of drug-likeness (QED) is 0.663. The Kier molecular flexibility index (Phi) is 5.17. The second-order valence-corrected chi connectivity index (χ2v) is 5.99. The molecular weight excluding hydrogens is 284 g/mol. The van der Waals surface area contributed by atoms with Gasteiger partial charge in [0.25, 0.3) is 5.91 Å². The molecule has 0 heterocycles. The molecule has 0 bridgehead atoms. The number of nitrogens with one attached hydrogen (secondary N) is 1. The van der Waals surface area contributed by atoms with Crippen LogP contribution in [0.25, 0.3) is 0 Å². The van der Waals surface area contributed by atoms with E-state index in [1.165, 1.54) is 12.8 Å². The van der Waals surface area contributed by atoms with Crippen LogP contribution in [-0.2, 0) is 0 Å². The Labute approximate surface area is 131 Å². The molecule has 1 aliphatic carbocycles. The minimum absolute atomic E-state index is 0.149. The summed E-state index contributed by atoms with van der Waals surface area (Å²) in [5.74, 6) is 0.511. The van der Waals surface area contributed by atoms with Gasteiger partial charge < -0.3 is 15.8 Å². The van der Waals surface area contributed by atoms with E-state index in [2.05, 4.69) is 5.32 Å². The number of ether oxygens (including phenoxy) is 1. The van der Waals surface area contributed by atoms with Crippen molar-refractivity contribution >= 4 is 23.1 Å². The molecule has 1 fully saturated rings. The van der Waals surface area contributed by atoms with Gasteiger partial charge in [-0.05, 0) is 31.0 Å². The van der Waals surface area contributed by atoms with Crippen LogP contribution in [0.5, 0.6) is 5.75 Å². The standard InChI is InChI=1S/C16H22N2O2S/c1-20-13-8-6-7-12(11-13)14(19)18-16(15(17)21)9-4-2-3-5-10-16/h6-8,11H,2-5,9-10H2,1H3,(H2,17,21)(H,18,19). The SMILES string of the molecule is COc1cccc(C(=O)NC2(C(N)=S)CCCCCC2)c1. The molecule has 5 heteroatoms. The van der Waals surface area contributed by atoms with E-state index in [1.807, 2.05) is 6.07 Å². The zero-order valence-corrected chi connectivity index (χ0v) is 13.2. The van der Waals surface area contributed by atoms with Gasteiger partial charge in [0, 0.05) is 5.56 Å². The summed E-state index contributed by atoms with van der Waals surface area (Å²) in [6, 6.07) is 7.10. The maximum atomic E-state index is 12.5. The molecule has 1 aromatic carbocycles. The predicted octanol–water partition coefficient (Wildman–Crippen LogP) is 2.80. The highest BCUT2D eigenvalue weighted by atomic mass is 32.1. The maximum Gasteiger partial charge on any atom is 0.252 e. The zero-order valence-electron chi connectivity index (χ0n) is 12.4. The molecule has 0 unspecified atom stereocenters. The summed E-state index contributed by atoms with van der Waals surface area (Å²) in [7, 11) is 1.58. The van der Waals surface area contributed by atoms with Gasteiger partial charge >= 0.3 is 0 Å². The number of rotatable bonds is 4. The van der Waals surface area contributed by atoms with E-state index in [9.17, 15) is 4.79 Å². The van der Waals surface area contributed by atoms with Gasteiger partial charge in [0.15, 0.2) is 0 Å². The summed E-state index contributed by atoms with van der Waals surface area (Å²) in [6.07, 6.45) is 6.04. The summed E-state index contributed by atoms with van der Waals surface area (Å²) in [5, 5.41) is 3.08. The second-order valence-electron chi connectivity index (χ2n) is 5.55. The first-order valence-electron chi connectivity index (χ1n) is 7.34. The molecule has 4 nitrogen and oxygen atoms in total. The van der Waals surface area contributed by atoms with Crippen LogP contribution in [-0.4, -0.2) is 23.5 Å². The first-order chi connectivity index (χ1) is 10.1. The normalized spacial score (nSPS) is 17.6. The number of thiocarbonyl (C=S) groups is 1. The van der Waals surface area contributed by atoms with Crippen LogP contribution >= 0.6 is 12.2 Å². The maximum absolute atomic E-state index is 12.5. The van der Waals surface area contributed by atoms with Crippen molar-refractivity contribution in [2.75, 3.05) is 7.11 Å². The lowest BCUT2D eigenvalue weighted by atomic mass is 9.89. The first kappa shape index (κ1) is 15.8. The predicted molar refractivity (Wildman–Crippen MR) is 87.7 cm³/mol. The molecule has 1 saturated carbocycles. The number of hydrogen-bond acceptors (Lipinski definition) is 3. The molecule has 1 aliphatic rings. The topological polar surface area (TPSA) is 64.3 Å². The van der Waals surface area contributed by atoms with Crippen molar-refractivity contribution in [1.82, 2.24) is 5.32 Å². The van der Waals surface area contributed by atoms with Crippen LogP contribution in [0.2, 0.25) is 0 Å². The number of amides is 1. The van der Waals surface area contributed by atoms with Gasteiger partial charge in [-0.25, -0.2) is 0 Å². The first-order valence-corrected chi connectivity index (χ1v) is 7.75. The smallest absolute Gasteiger partial charge is 0.252 e. The average Bonchev–Trinajstić information content (AvgIpc) is 2.74. The van der Waals surface area contributed by atoms with Gasteiger partial charge in [-0.1, -0.05) is 44.0 Å². The third-order valence-electron chi connectivity index (χ3n) is 4.11. The third-order valence-corrected chi connectivity index (χ3v) is 4.50. The van der Waals surface area contributed by atoms with Crippen molar-refractivity contribution in [2.24, 2.45) is 5.73 Å². The molecule has 0 aliphatic heterocycles. The van der Waals surface area contributed by atoms with Crippen LogP contribution in [0.4, 0.5) is 0 Å². The average molecular weight is 306 g/mol. The van der Waals surface area contributed by atoms with Gasteiger partial charge in [-0.15, -0.1) is 0 Å². The Morgan fingerprint density at radius 3 is 2.52 bits per heavy atom. The lowest BCUT2D eigenvalue weighted by Crippen LogP contribution is -2.56. The molecule has 0 atom stereocenters. The van der Waals surface area contributed by atoms with Crippen LogP contribution in [0.3, 0.4) is 0 Å². The van der Waals surface area contributed by atoms with Crippen LogP contribution in [0.15, 0.2) is 24.3 Å². The molecule has 0 aromatic heterocycles. The van der Waals surface area contributed by atoms with Gasteiger partial charge in [0.05, 0.1) is 17.6 Å². The fourth-order valence-corrected chi connectivity index (χ4v) is 3.07. The monoisotopic (exact) mass is 306 g/mol. The highest BCUT2D eigenvalue weighted by Crippen LogP contribution is 2.28. The lowest BCUT2D eigenvalue weighted by Gasteiger charge is -2.33. The molecule has 0 spiro atoms. The van der Waals surface area contributed by atoms with Crippen LogP contribution in [0.1, 0.15) is 48.9 Å². The Morgan fingerprint density at radius 1 is 1.29 bits per heavy atom. The third kappa shape index (κ3) is 3.73. The second kappa shape index (κ2) is 6.89. The van der Waals surface area contributed by atoms with E-state index in [4.69, 9.17) is 22.7 Å². The molecule has 0 radical (unpaired) electrons. The molecule has 2 rings (SSSR count). The van der Waals surface area contributed by atoms with Gasteiger partial charge in [-0.2, -0.15) is 0 Å². The Hall–Kier alpha value is -1.62. The molecule has 3 N–H and O–H groups in total. The zero-order chi connectivity index (χ0) is 15.3. The van der Waals surface area contributed by atoms with Crippen molar-refractivity contribution in [2.45, 2.75) is 44.1 Å². The number of benzene rings is 1. The summed E-state index contributed by atoms with van der Waals surface area (Å²) >= 11 is 5.24. The van der Waals surface area contributed by atoms with Crippen LogP contribution in [0, 0.1) is 0 Å². The van der Waals surface area contributed by atoms with E-state index in [1.54, 1.807) is 25.3 Å². The molecule has 0 saturated heterocycles. The summed E-state index contributed by atoms with van der Waals surface area (Å²) < 4.78 is 5.16. The highest BCUT2D eigenvalue weighted by Gasteiger charge is 2.35. The van der Waals surface area contributed by atoms with Crippen molar-refractivity contribution in [3.63, 3.8) is 0 Å². The number of methoxy groups -OCH3 is 1. The highest BCUT2D eigenvalue weighted by molar-refractivity contribution is 7.80. The van der Waals surface area contributed by atoms with Gasteiger partial charge in [-0.3, -0.25) is 4.79 Å². The largest absolute Gasteiger partial charge is 0.497 e. The molecular formula is C16H22N2O2S. The Bertz CT molecular complexity index is 523. The molecule has 1 aromatic rings. The minimum Gasteiger partial charge on any atom is -0.497 e. The van der Waals surface area contributed by atoms with Gasteiger partial charge in [0.2, 0.25) is 0 Å². The van der Waals surface area contributed by atoms with Crippen molar-refractivity contribution in [3.8, 4) is 5.75 Å². The minimum atomic E-state index is -0.550. The van der Waals surface area contributed by atoms with Gasteiger partial charge in [0.1, 0.15) is 5.75 Å². The van der Waals surface area contributed by atoms with E-state index >= 15 is 0 Å². The van der Waals surface area contributed by atoms with E-state index in [0.717, 1.165) is 25.7 Å². The van der Waals surface area contributed by atoms with Crippen molar-refractivity contribution < 1.29 is 9.53 Å². The van der Waals surface area contributed by atoms with Crippen LogP contribution < -0.4 is 15.8 Å². The number of hydrogen-bond donors (Lipinski definition) is 2. The Morgan fingerprint density at radius 2 is 1.95 bits per heavy atom. The fraction of sp³-hybridized carbons (Fsp3) is 0.500. The number of carbonyl (C=O) groups excluding carboxylic acids is 1. The number of nitrogens with two attached hydrogens (primary N) is 1. The molecule has 1 amide bonds. The van der Waals surface area contributed by atoms with Crippen molar-refractivity contribution in [1.29, 1.82) is 0 Å². The van der Waals surface area contributed by atoms with Crippen molar-refractivity contribution in [3.05, 3.63) is 29.8 Å². The number of carbonyl (C=O) groups is 1. The van der Waals surface area contributed by atoms with E-state index in [-0.39, 0.29) is 5.91 Å².